The molecule has 0 unspecified atom stereocenters. The van der Waals surface area contributed by atoms with Crippen LogP contribution in [-0.2, 0) is 10.0 Å². The molecule has 0 aliphatic heterocycles. The lowest BCUT2D eigenvalue weighted by atomic mass is 10.3. The number of hydrogen-bond donors (Lipinski definition) is 1. The third-order valence-corrected chi connectivity index (χ3v) is 3.68. The van der Waals surface area contributed by atoms with Crippen molar-refractivity contribution in [2.24, 2.45) is 0 Å². The molecule has 0 spiro atoms. The highest BCUT2D eigenvalue weighted by Crippen LogP contribution is 2.20. The lowest BCUT2D eigenvalue weighted by Crippen LogP contribution is -2.14. The minimum Gasteiger partial charge on any atom is -0.280 e. The van der Waals surface area contributed by atoms with Crippen molar-refractivity contribution >= 4 is 15.7 Å². The Morgan fingerprint density at radius 3 is 2.05 bits per heavy atom. The molecule has 7 heteroatoms. The third kappa shape index (κ3) is 3.05. The number of anilines is 1. The van der Waals surface area contributed by atoms with Crippen molar-refractivity contribution in [1.82, 2.24) is 0 Å². The van der Waals surface area contributed by atoms with E-state index < -0.39 is 32.4 Å². The number of hydrogen-bond acceptors (Lipinski definition) is 2. The molecule has 0 aliphatic carbocycles. The summed E-state index contributed by atoms with van der Waals surface area (Å²) in [6.45, 7) is 0. The van der Waals surface area contributed by atoms with Crippen LogP contribution in [0.1, 0.15) is 0 Å². The molecule has 0 saturated carbocycles. The molecular formula is C12H8F3NO2S. The van der Waals surface area contributed by atoms with Gasteiger partial charge in [0.05, 0.1) is 0 Å². The Labute approximate surface area is 107 Å². The van der Waals surface area contributed by atoms with Gasteiger partial charge in [0, 0.05) is 5.69 Å². The van der Waals surface area contributed by atoms with Crippen LogP contribution in [-0.4, -0.2) is 8.42 Å². The topological polar surface area (TPSA) is 46.2 Å². The zero-order valence-electron chi connectivity index (χ0n) is 9.40. The van der Waals surface area contributed by atoms with Gasteiger partial charge in [-0.3, -0.25) is 4.72 Å². The largest absolute Gasteiger partial charge is 0.280 e. The van der Waals surface area contributed by atoms with Crippen LogP contribution < -0.4 is 4.72 Å². The van der Waals surface area contributed by atoms with Gasteiger partial charge in [-0.1, -0.05) is 0 Å². The molecule has 0 fully saturated rings. The zero-order chi connectivity index (χ0) is 14.0. The third-order valence-electron chi connectivity index (χ3n) is 2.28. The molecule has 0 bridgehead atoms. The number of nitrogens with one attached hydrogen (secondary N) is 1. The van der Waals surface area contributed by atoms with Gasteiger partial charge in [-0.15, -0.1) is 0 Å². The average Bonchev–Trinajstić information content (AvgIpc) is 2.35. The minimum absolute atomic E-state index is 0.0464. The van der Waals surface area contributed by atoms with E-state index in [9.17, 15) is 21.6 Å². The van der Waals surface area contributed by atoms with Crippen LogP contribution in [0.3, 0.4) is 0 Å². The maximum absolute atomic E-state index is 13.4. The number of rotatable bonds is 3. The zero-order valence-corrected chi connectivity index (χ0v) is 10.2. The minimum atomic E-state index is -4.27. The van der Waals surface area contributed by atoms with E-state index in [1.54, 1.807) is 0 Å². The van der Waals surface area contributed by atoms with Gasteiger partial charge in [0.2, 0.25) is 0 Å². The molecule has 0 aromatic heterocycles. The fraction of sp³-hybridized carbons (Fsp3) is 0. The second kappa shape index (κ2) is 4.93. The summed E-state index contributed by atoms with van der Waals surface area (Å²) in [7, 11) is -4.27. The van der Waals surface area contributed by atoms with E-state index in [-0.39, 0.29) is 5.69 Å². The Morgan fingerprint density at radius 2 is 1.42 bits per heavy atom. The van der Waals surface area contributed by atoms with E-state index >= 15 is 0 Å². The Morgan fingerprint density at radius 1 is 0.842 bits per heavy atom. The van der Waals surface area contributed by atoms with E-state index in [1.807, 2.05) is 4.72 Å². The molecule has 2 aromatic carbocycles. The lowest BCUT2D eigenvalue weighted by Gasteiger charge is -2.08. The first kappa shape index (κ1) is 13.4. The van der Waals surface area contributed by atoms with Gasteiger partial charge in [0.25, 0.3) is 10.0 Å². The van der Waals surface area contributed by atoms with Crippen LogP contribution in [0.25, 0.3) is 0 Å². The van der Waals surface area contributed by atoms with Gasteiger partial charge in [0.15, 0.2) is 0 Å². The Kier molecular flexibility index (Phi) is 3.48. The molecular weight excluding hydrogens is 279 g/mol. The Hall–Kier alpha value is -2.02. The van der Waals surface area contributed by atoms with Crippen molar-refractivity contribution in [3.63, 3.8) is 0 Å². The van der Waals surface area contributed by atoms with Gasteiger partial charge in [0.1, 0.15) is 22.3 Å². The van der Waals surface area contributed by atoms with Crippen LogP contribution in [0.15, 0.2) is 47.4 Å². The highest BCUT2D eigenvalue weighted by atomic mass is 32.2. The summed E-state index contributed by atoms with van der Waals surface area (Å²) in [4.78, 5) is -0.808. The number of benzene rings is 2. The molecule has 0 heterocycles. The predicted octanol–water partition coefficient (Wildman–Crippen LogP) is 2.90. The van der Waals surface area contributed by atoms with E-state index in [0.717, 1.165) is 18.2 Å². The molecule has 2 rings (SSSR count). The SMILES string of the molecule is O=S(=O)(Nc1ccc(F)cc1)c1cc(F)ccc1F. The van der Waals surface area contributed by atoms with Crippen molar-refractivity contribution < 1.29 is 21.6 Å². The van der Waals surface area contributed by atoms with Crippen LogP contribution in [0, 0.1) is 17.5 Å². The first-order valence-electron chi connectivity index (χ1n) is 5.12. The molecule has 2 aromatic rings. The maximum Gasteiger partial charge on any atom is 0.264 e. The fourth-order valence-corrected chi connectivity index (χ4v) is 2.56. The molecule has 0 atom stereocenters. The summed E-state index contributed by atoms with van der Waals surface area (Å²) >= 11 is 0. The predicted molar refractivity (Wildman–Crippen MR) is 63.6 cm³/mol. The summed E-state index contributed by atoms with van der Waals surface area (Å²) in [6, 6.07) is 6.52. The fourth-order valence-electron chi connectivity index (χ4n) is 1.41. The Balaban J connectivity index is 2.37. The molecule has 19 heavy (non-hydrogen) atoms. The van der Waals surface area contributed by atoms with Gasteiger partial charge in [-0.2, -0.15) is 0 Å². The van der Waals surface area contributed by atoms with E-state index in [0.29, 0.717) is 12.1 Å². The number of sulfonamides is 1. The van der Waals surface area contributed by atoms with E-state index in [4.69, 9.17) is 0 Å². The normalized spacial score (nSPS) is 11.3. The second-order valence-corrected chi connectivity index (χ2v) is 5.34. The summed E-state index contributed by atoms with van der Waals surface area (Å²) in [5.74, 6) is -2.49. The monoisotopic (exact) mass is 287 g/mol. The van der Waals surface area contributed by atoms with Crippen molar-refractivity contribution in [2.75, 3.05) is 4.72 Å². The second-order valence-electron chi connectivity index (χ2n) is 3.69. The summed E-state index contributed by atoms with van der Waals surface area (Å²) < 4.78 is 64.7. The van der Waals surface area contributed by atoms with Gasteiger partial charge >= 0.3 is 0 Å². The smallest absolute Gasteiger partial charge is 0.264 e. The van der Waals surface area contributed by atoms with E-state index in [2.05, 4.69) is 0 Å². The highest BCUT2D eigenvalue weighted by Gasteiger charge is 2.20. The molecule has 1 N–H and O–H groups in total. The molecule has 0 radical (unpaired) electrons. The molecule has 0 amide bonds. The van der Waals surface area contributed by atoms with Crippen LogP contribution >= 0.6 is 0 Å². The van der Waals surface area contributed by atoms with Gasteiger partial charge in [-0.05, 0) is 42.5 Å². The summed E-state index contributed by atoms with van der Waals surface area (Å²) in [6.07, 6.45) is 0. The molecule has 0 saturated heterocycles. The molecule has 100 valence electrons. The van der Waals surface area contributed by atoms with Crippen molar-refractivity contribution in [3.8, 4) is 0 Å². The van der Waals surface area contributed by atoms with Crippen LogP contribution in [0.5, 0.6) is 0 Å². The summed E-state index contributed by atoms with van der Waals surface area (Å²) in [5.41, 5.74) is 0.0464. The van der Waals surface area contributed by atoms with Crippen LogP contribution in [0.4, 0.5) is 18.9 Å². The molecule has 0 aliphatic rings. The van der Waals surface area contributed by atoms with Crippen molar-refractivity contribution in [1.29, 1.82) is 0 Å². The van der Waals surface area contributed by atoms with Gasteiger partial charge in [-0.25, -0.2) is 21.6 Å². The van der Waals surface area contributed by atoms with E-state index in [1.165, 1.54) is 12.1 Å². The standard InChI is InChI=1S/C12H8F3NO2S/c13-8-1-4-10(5-2-8)16-19(17,18)12-7-9(14)3-6-11(12)15/h1-7,16H. The van der Waals surface area contributed by atoms with Crippen molar-refractivity contribution in [2.45, 2.75) is 4.90 Å². The molecule has 3 nitrogen and oxygen atoms in total. The lowest BCUT2D eigenvalue weighted by molar-refractivity contribution is 0.555. The first-order valence-corrected chi connectivity index (χ1v) is 6.60. The average molecular weight is 287 g/mol. The van der Waals surface area contributed by atoms with Crippen molar-refractivity contribution in [3.05, 3.63) is 59.9 Å². The van der Waals surface area contributed by atoms with Crippen LogP contribution in [0.2, 0.25) is 0 Å². The van der Waals surface area contributed by atoms with Gasteiger partial charge < -0.3 is 0 Å². The Bertz CT molecular complexity index is 699. The summed E-state index contributed by atoms with van der Waals surface area (Å²) in [5, 5.41) is 0. The highest BCUT2D eigenvalue weighted by molar-refractivity contribution is 7.92. The quantitative estimate of drug-likeness (QED) is 0.943. The first-order chi connectivity index (χ1) is 8.88. The number of halogens is 3. The maximum atomic E-state index is 13.4.